The van der Waals surface area contributed by atoms with Crippen molar-refractivity contribution in [1.82, 2.24) is 5.32 Å². The van der Waals surface area contributed by atoms with Gasteiger partial charge in [0.1, 0.15) is 6.61 Å². The van der Waals surface area contributed by atoms with E-state index in [1.807, 2.05) is 30.3 Å². The maximum absolute atomic E-state index is 13.3. The zero-order valence-electron chi connectivity index (χ0n) is 12.3. The van der Waals surface area contributed by atoms with Gasteiger partial charge < -0.3 is 10.1 Å². The molecule has 0 heterocycles. The van der Waals surface area contributed by atoms with Crippen molar-refractivity contribution in [3.05, 3.63) is 71.3 Å². The minimum Gasteiger partial charge on any atom is -0.445 e. The highest BCUT2D eigenvalue weighted by atomic mass is 19.2. The van der Waals surface area contributed by atoms with Crippen molar-refractivity contribution in [2.45, 2.75) is 13.0 Å². The van der Waals surface area contributed by atoms with Crippen LogP contribution < -0.4 is 5.32 Å². The predicted molar refractivity (Wildman–Crippen MR) is 82.5 cm³/mol. The van der Waals surface area contributed by atoms with Gasteiger partial charge in [-0.3, -0.25) is 0 Å². The molecule has 1 N–H and O–H groups in total. The monoisotopic (exact) mass is 315 g/mol. The smallest absolute Gasteiger partial charge is 0.407 e. The Hall–Kier alpha value is -2.87. The first-order valence-electron chi connectivity index (χ1n) is 7.04. The van der Waals surface area contributed by atoms with Crippen LogP contribution in [0.25, 0.3) is 0 Å². The summed E-state index contributed by atoms with van der Waals surface area (Å²) in [4.78, 5) is 11.5. The van der Waals surface area contributed by atoms with Crippen LogP contribution in [0.2, 0.25) is 0 Å². The molecule has 3 nitrogen and oxygen atoms in total. The number of ether oxygens (including phenoxy) is 1. The van der Waals surface area contributed by atoms with E-state index in [9.17, 15) is 13.6 Å². The average molecular weight is 315 g/mol. The van der Waals surface area contributed by atoms with Gasteiger partial charge in [-0.1, -0.05) is 48.2 Å². The van der Waals surface area contributed by atoms with Gasteiger partial charge in [0.15, 0.2) is 11.6 Å². The van der Waals surface area contributed by atoms with E-state index in [1.165, 1.54) is 12.1 Å². The summed E-state index contributed by atoms with van der Waals surface area (Å²) in [6.45, 7) is 0.449. The summed E-state index contributed by atoms with van der Waals surface area (Å²) in [5.74, 6) is 3.31. The van der Waals surface area contributed by atoms with Gasteiger partial charge >= 0.3 is 6.09 Å². The van der Waals surface area contributed by atoms with Crippen molar-refractivity contribution in [1.29, 1.82) is 0 Å². The fourth-order valence-corrected chi connectivity index (χ4v) is 1.76. The molecule has 5 heteroatoms. The minimum atomic E-state index is -0.963. The fourth-order valence-electron chi connectivity index (χ4n) is 1.76. The van der Waals surface area contributed by atoms with Gasteiger partial charge in [-0.25, -0.2) is 13.6 Å². The van der Waals surface area contributed by atoms with Gasteiger partial charge in [-0.2, -0.15) is 0 Å². The molecule has 0 unspecified atom stereocenters. The Morgan fingerprint density at radius 1 is 1.09 bits per heavy atom. The molecule has 2 rings (SSSR count). The normalized spacial score (nSPS) is 9.65. The molecule has 2 aromatic carbocycles. The number of halogens is 2. The molecule has 1 amide bonds. The van der Waals surface area contributed by atoms with Crippen molar-refractivity contribution in [3.63, 3.8) is 0 Å². The summed E-state index contributed by atoms with van der Waals surface area (Å²) in [6, 6.07) is 13.1. The van der Waals surface area contributed by atoms with Crippen LogP contribution in [-0.2, 0) is 11.3 Å². The van der Waals surface area contributed by atoms with Crippen LogP contribution in [0.3, 0.4) is 0 Å². The number of nitrogens with one attached hydrogen (secondary N) is 1. The third-order valence-corrected chi connectivity index (χ3v) is 2.91. The fraction of sp³-hybridized carbons (Fsp3) is 0.167. The molecule has 0 atom stereocenters. The molecule has 0 aromatic heterocycles. The Kier molecular flexibility index (Phi) is 6.13. The molecule has 0 aliphatic carbocycles. The van der Waals surface area contributed by atoms with E-state index in [0.717, 1.165) is 11.6 Å². The number of hydrogen-bond donors (Lipinski definition) is 1. The number of hydrogen-bond acceptors (Lipinski definition) is 2. The third kappa shape index (κ3) is 5.44. The van der Waals surface area contributed by atoms with Gasteiger partial charge in [0.25, 0.3) is 0 Å². The molecule has 0 spiro atoms. The molecule has 0 fully saturated rings. The maximum atomic E-state index is 13.3. The summed E-state index contributed by atoms with van der Waals surface area (Å²) in [7, 11) is 0. The molecular weight excluding hydrogens is 300 g/mol. The van der Waals surface area contributed by atoms with E-state index in [1.54, 1.807) is 0 Å². The molecule has 0 aliphatic rings. The van der Waals surface area contributed by atoms with Gasteiger partial charge in [0, 0.05) is 13.0 Å². The van der Waals surface area contributed by atoms with Gasteiger partial charge in [-0.05, 0) is 17.7 Å². The summed E-state index contributed by atoms with van der Waals surface area (Å²) in [6.07, 6.45) is -0.247. The van der Waals surface area contributed by atoms with Crippen LogP contribution >= 0.6 is 0 Å². The lowest BCUT2D eigenvalue weighted by atomic mass is 10.2. The highest BCUT2D eigenvalue weighted by Gasteiger charge is 2.04. The van der Waals surface area contributed by atoms with Crippen LogP contribution in [0.15, 0.2) is 48.5 Å². The molecule has 118 valence electrons. The van der Waals surface area contributed by atoms with E-state index in [2.05, 4.69) is 17.2 Å². The second-order valence-corrected chi connectivity index (χ2v) is 4.64. The van der Waals surface area contributed by atoms with Crippen LogP contribution in [0.5, 0.6) is 0 Å². The highest BCUT2D eigenvalue weighted by Crippen LogP contribution is 2.09. The average Bonchev–Trinajstić information content (AvgIpc) is 2.57. The first-order valence-corrected chi connectivity index (χ1v) is 7.04. The molecule has 0 saturated heterocycles. The van der Waals surface area contributed by atoms with Crippen LogP contribution in [0.4, 0.5) is 13.6 Å². The number of carbonyl (C=O) groups excluding carboxylic acids is 1. The topological polar surface area (TPSA) is 38.3 Å². The summed E-state index contributed by atoms with van der Waals surface area (Å²) >= 11 is 0. The lowest BCUT2D eigenvalue weighted by Crippen LogP contribution is -2.24. The van der Waals surface area contributed by atoms with Crippen LogP contribution in [0, 0.1) is 23.5 Å². The Bertz CT molecular complexity index is 721. The maximum Gasteiger partial charge on any atom is 0.407 e. The molecular formula is C18H15F2NO2. The Labute approximate surface area is 133 Å². The largest absolute Gasteiger partial charge is 0.445 e. The number of amides is 1. The summed E-state index contributed by atoms with van der Waals surface area (Å²) < 4.78 is 31.3. The Morgan fingerprint density at radius 3 is 2.65 bits per heavy atom. The van der Waals surface area contributed by atoms with Crippen LogP contribution in [-0.4, -0.2) is 12.6 Å². The summed E-state index contributed by atoms with van der Waals surface area (Å²) in [5, 5.41) is 2.53. The van der Waals surface area contributed by atoms with E-state index in [0.29, 0.717) is 6.42 Å². The van der Waals surface area contributed by atoms with E-state index in [4.69, 9.17) is 4.74 Å². The van der Waals surface area contributed by atoms with Gasteiger partial charge in [-0.15, -0.1) is 0 Å². The first-order chi connectivity index (χ1) is 11.2. The molecule has 0 saturated carbocycles. The summed E-state index contributed by atoms with van der Waals surface area (Å²) in [5.41, 5.74) is 0.890. The lowest BCUT2D eigenvalue weighted by Gasteiger charge is -2.05. The van der Waals surface area contributed by atoms with E-state index in [-0.39, 0.29) is 18.7 Å². The standard InChI is InChI=1S/C18H15F2NO2/c19-16-11-6-10-15(17(16)20)9-4-5-12-21-18(22)23-13-14-7-2-1-3-8-14/h1-3,6-8,10-11H,5,12-13H2,(H,21,22). The quantitative estimate of drug-likeness (QED) is 0.691. The SMILES string of the molecule is O=C(NCCC#Cc1cccc(F)c1F)OCc1ccccc1. The zero-order chi connectivity index (χ0) is 16.5. The van der Waals surface area contributed by atoms with E-state index < -0.39 is 17.7 Å². The number of rotatable bonds is 4. The molecule has 0 bridgehead atoms. The van der Waals surface area contributed by atoms with E-state index >= 15 is 0 Å². The molecule has 0 radical (unpaired) electrons. The number of carbonyl (C=O) groups is 1. The van der Waals surface area contributed by atoms with Gasteiger partial charge in [0.05, 0.1) is 5.56 Å². The van der Waals surface area contributed by atoms with Crippen molar-refractivity contribution in [3.8, 4) is 11.8 Å². The van der Waals surface area contributed by atoms with Crippen LogP contribution in [0.1, 0.15) is 17.5 Å². The second kappa shape index (κ2) is 8.54. The zero-order valence-corrected chi connectivity index (χ0v) is 12.3. The Balaban J connectivity index is 1.70. The molecule has 2 aromatic rings. The second-order valence-electron chi connectivity index (χ2n) is 4.64. The Morgan fingerprint density at radius 2 is 1.87 bits per heavy atom. The highest BCUT2D eigenvalue weighted by molar-refractivity contribution is 5.67. The molecule has 0 aliphatic heterocycles. The number of alkyl carbamates (subject to hydrolysis) is 1. The third-order valence-electron chi connectivity index (χ3n) is 2.91. The number of benzene rings is 2. The predicted octanol–water partition coefficient (Wildman–Crippen LogP) is 3.63. The van der Waals surface area contributed by atoms with Crippen molar-refractivity contribution in [2.75, 3.05) is 6.54 Å². The minimum absolute atomic E-state index is 0.00310. The van der Waals surface area contributed by atoms with Crippen molar-refractivity contribution >= 4 is 6.09 Å². The van der Waals surface area contributed by atoms with Crippen molar-refractivity contribution in [2.24, 2.45) is 0 Å². The first kappa shape index (κ1) is 16.5. The van der Waals surface area contributed by atoms with Crippen molar-refractivity contribution < 1.29 is 18.3 Å². The lowest BCUT2D eigenvalue weighted by molar-refractivity contribution is 0.140. The molecule has 23 heavy (non-hydrogen) atoms. The van der Waals surface area contributed by atoms with Gasteiger partial charge in [0.2, 0.25) is 0 Å².